The SMILES string of the molecule is COc1ccc(C2=C(C(=N)N)Cc3c(-c4ccccc4)c(-c4ccccc4)nn3C2=O)cc1. The van der Waals surface area contributed by atoms with E-state index in [1.54, 1.807) is 31.4 Å². The third-order valence-corrected chi connectivity index (χ3v) is 5.85. The third-order valence-electron chi connectivity index (χ3n) is 5.85. The van der Waals surface area contributed by atoms with Crippen molar-refractivity contribution in [1.29, 1.82) is 5.41 Å². The highest BCUT2D eigenvalue weighted by Gasteiger charge is 2.33. The number of benzene rings is 3. The van der Waals surface area contributed by atoms with Crippen molar-refractivity contribution in [3.63, 3.8) is 0 Å². The summed E-state index contributed by atoms with van der Waals surface area (Å²) in [7, 11) is 1.59. The van der Waals surface area contributed by atoms with Gasteiger partial charge in [-0.25, -0.2) is 0 Å². The largest absolute Gasteiger partial charge is 0.497 e. The van der Waals surface area contributed by atoms with Crippen LogP contribution in [0, 0.1) is 5.41 Å². The topological polar surface area (TPSA) is 94.0 Å². The van der Waals surface area contributed by atoms with E-state index >= 15 is 0 Å². The molecule has 1 aromatic heterocycles. The first-order chi connectivity index (χ1) is 16.1. The molecule has 3 aromatic carbocycles. The number of nitrogens with one attached hydrogen (secondary N) is 1. The molecule has 0 fully saturated rings. The van der Waals surface area contributed by atoms with Crippen LogP contribution in [0.1, 0.15) is 16.1 Å². The fourth-order valence-electron chi connectivity index (χ4n) is 4.27. The van der Waals surface area contributed by atoms with Crippen molar-refractivity contribution < 1.29 is 9.53 Å². The standard InChI is InChI=1S/C27H22N4O2/c1-33-20-14-12-18(13-15-20)23-21(26(28)29)16-22-24(17-8-4-2-5-9-17)25(30-31(22)27(23)32)19-10-6-3-7-11-19/h2-15H,16H2,1H3,(H3,28,29). The quantitative estimate of drug-likeness (QED) is 0.348. The maximum absolute atomic E-state index is 13.8. The number of hydrogen-bond donors (Lipinski definition) is 2. The highest BCUT2D eigenvalue weighted by molar-refractivity contribution is 6.28. The summed E-state index contributed by atoms with van der Waals surface area (Å²) in [5, 5.41) is 13.0. The summed E-state index contributed by atoms with van der Waals surface area (Å²) in [5.74, 6) is 0.261. The molecule has 6 heteroatoms. The summed E-state index contributed by atoms with van der Waals surface area (Å²) < 4.78 is 6.71. The van der Waals surface area contributed by atoms with Crippen LogP contribution in [-0.4, -0.2) is 28.6 Å². The van der Waals surface area contributed by atoms with Gasteiger partial charge in [0.05, 0.1) is 18.4 Å². The second-order valence-electron chi connectivity index (χ2n) is 7.79. The van der Waals surface area contributed by atoms with Gasteiger partial charge in [-0.05, 0) is 23.3 Å². The van der Waals surface area contributed by atoms with Crippen LogP contribution in [0.15, 0.2) is 90.5 Å². The maximum Gasteiger partial charge on any atom is 0.279 e. The number of amidine groups is 1. The Hall–Kier alpha value is -4.45. The Bertz CT molecular complexity index is 1390. The van der Waals surface area contributed by atoms with Crippen molar-refractivity contribution in [2.45, 2.75) is 6.42 Å². The van der Waals surface area contributed by atoms with Gasteiger partial charge >= 0.3 is 0 Å². The number of carbonyl (C=O) groups is 1. The number of ether oxygens (including phenoxy) is 1. The molecule has 2 heterocycles. The molecule has 0 saturated carbocycles. The first-order valence-electron chi connectivity index (χ1n) is 10.6. The summed E-state index contributed by atoms with van der Waals surface area (Å²) in [6, 6.07) is 26.9. The molecule has 1 aliphatic heterocycles. The van der Waals surface area contributed by atoms with Crippen molar-refractivity contribution in [2.24, 2.45) is 5.73 Å². The molecule has 4 aromatic rings. The fourth-order valence-corrected chi connectivity index (χ4v) is 4.27. The minimum Gasteiger partial charge on any atom is -0.497 e. The number of allylic oxidation sites excluding steroid dienone is 1. The zero-order chi connectivity index (χ0) is 22.9. The molecule has 162 valence electrons. The van der Waals surface area contributed by atoms with Crippen LogP contribution in [0.25, 0.3) is 28.0 Å². The fraction of sp³-hybridized carbons (Fsp3) is 0.0741. The molecule has 5 rings (SSSR count). The monoisotopic (exact) mass is 434 g/mol. The molecule has 0 saturated heterocycles. The Labute approximate surface area is 191 Å². The number of aromatic nitrogens is 2. The first-order valence-corrected chi connectivity index (χ1v) is 10.6. The zero-order valence-corrected chi connectivity index (χ0v) is 18.1. The number of nitrogens with two attached hydrogens (primary N) is 1. The number of fused-ring (bicyclic) bond motifs is 1. The molecule has 0 radical (unpaired) electrons. The van der Waals surface area contributed by atoms with Crippen molar-refractivity contribution in [3.05, 3.63) is 102 Å². The Morgan fingerprint density at radius 1 is 0.909 bits per heavy atom. The molecule has 0 bridgehead atoms. The lowest BCUT2D eigenvalue weighted by Gasteiger charge is -2.21. The Kier molecular flexibility index (Phi) is 5.11. The van der Waals surface area contributed by atoms with E-state index in [0.717, 1.165) is 28.1 Å². The molecule has 1 aliphatic rings. The van der Waals surface area contributed by atoms with Crippen molar-refractivity contribution in [1.82, 2.24) is 9.78 Å². The second kappa shape index (κ2) is 8.24. The van der Waals surface area contributed by atoms with Gasteiger partial charge in [0, 0.05) is 23.1 Å². The predicted octanol–water partition coefficient (Wildman–Crippen LogP) is 4.81. The number of nitrogens with zero attached hydrogens (tertiary/aromatic N) is 2. The van der Waals surface area contributed by atoms with E-state index in [-0.39, 0.29) is 11.7 Å². The molecule has 33 heavy (non-hydrogen) atoms. The highest BCUT2D eigenvalue weighted by atomic mass is 16.5. The first kappa shape index (κ1) is 20.5. The van der Waals surface area contributed by atoms with Gasteiger partial charge in [0.25, 0.3) is 5.91 Å². The number of carbonyl (C=O) groups excluding carboxylic acids is 1. The smallest absolute Gasteiger partial charge is 0.279 e. The Morgan fingerprint density at radius 2 is 1.52 bits per heavy atom. The van der Waals surface area contributed by atoms with E-state index in [4.69, 9.17) is 21.0 Å². The molecular formula is C27H22N4O2. The van der Waals surface area contributed by atoms with Gasteiger partial charge in [-0.3, -0.25) is 10.2 Å². The van der Waals surface area contributed by atoms with Crippen LogP contribution >= 0.6 is 0 Å². The van der Waals surface area contributed by atoms with Crippen LogP contribution in [0.4, 0.5) is 0 Å². The van der Waals surface area contributed by atoms with E-state index < -0.39 is 0 Å². The van der Waals surface area contributed by atoms with Gasteiger partial charge in [-0.2, -0.15) is 9.78 Å². The predicted molar refractivity (Wildman–Crippen MR) is 129 cm³/mol. The zero-order valence-electron chi connectivity index (χ0n) is 18.1. The summed E-state index contributed by atoms with van der Waals surface area (Å²) in [5.41, 5.74) is 11.8. The van der Waals surface area contributed by atoms with Crippen molar-refractivity contribution in [3.8, 4) is 28.1 Å². The van der Waals surface area contributed by atoms with Crippen LogP contribution in [0.5, 0.6) is 5.75 Å². The van der Waals surface area contributed by atoms with Crippen LogP contribution in [0.3, 0.4) is 0 Å². The van der Waals surface area contributed by atoms with E-state index in [0.29, 0.717) is 28.9 Å². The molecule has 0 aliphatic carbocycles. The highest BCUT2D eigenvalue weighted by Crippen LogP contribution is 2.39. The molecular weight excluding hydrogens is 412 g/mol. The summed E-state index contributed by atoms with van der Waals surface area (Å²) in [4.78, 5) is 13.8. The molecule has 3 N–H and O–H groups in total. The maximum atomic E-state index is 13.8. The lowest BCUT2D eigenvalue weighted by atomic mass is 9.89. The molecule has 6 nitrogen and oxygen atoms in total. The normalized spacial score (nSPS) is 13.1. The summed E-state index contributed by atoms with van der Waals surface area (Å²) >= 11 is 0. The van der Waals surface area contributed by atoms with Gasteiger partial charge in [0.15, 0.2) is 0 Å². The van der Waals surface area contributed by atoms with Crippen LogP contribution < -0.4 is 10.5 Å². The number of methoxy groups -OCH3 is 1. The Balaban J connectivity index is 1.74. The minimum atomic E-state index is -0.300. The average Bonchev–Trinajstić information content (AvgIpc) is 3.25. The van der Waals surface area contributed by atoms with E-state index in [1.807, 2.05) is 60.7 Å². The molecule has 0 spiro atoms. The van der Waals surface area contributed by atoms with Gasteiger partial charge in [-0.15, -0.1) is 0 Å². The molecule has 0 amide bonds. The van der Waals surface area contributed by atoms with Crippen molar-refractivity contribution >= 4 is 17.3 Å². The second-order valence-corrected chi connectivity index (χ2v) is 7.79. The average molecular weight is 434 g/mol. The number of hydrogen-bond acceptors (Lipinski definition) is 4. The van der Waals surface area contributed by atoms with Crippen molar-refractivity contribution in [2.75, 3.05) is 7.11 Å². The van der Waals surface area contributed by atoms with Gasteiger partial charge in [0.2, 0.25) is 0 Å². The lowest BCUT2D eigenvalue weighted by Crippen LogP contribution is -2.29. The minimum absolute atomic E-state index is 0.123. The van der Waals surface area contributed by atoms with Gasteiger partial charge < -0.3 is 10.5 Å². The Morgan fingerprint density at radius 3 is 2.09 bits per heavy atom. The van der Waals surface area contributed by atoms with Gasteiger partial charge in [0.1, 0.15) is 17.3 Å². The number of rotatable bonds is 5. The van der Waals surface area contributed by atoms with Crippen LogP contribution in [-0.2, 0) is 6.42 Å². The van der Waals surface area contributed by atoms with Crippen LogP contribution in [0.2, 0.25) is 0 Å². The lowest BCUT2D eigenvalue weighted by molar-refractivity contribution is 0.0958. The van der Waals surface area contributed by atoms with E-state index in [9.17, 15) is 4.79 Å². The summed E-state index contributed by atoms with van der Waals surface area (Å²) in [6.07, 6.45) is 0.326. The molecule has 0 atom stereocenters. The van der Waals surface area contributed by atoms with E-state index in [1.165, 1.54) is 4.68 Å². The van der Waals surface area contributed by atoms with Gasteiger partial charge in [-0.1, -0.05) is 72.8 Å². The third kappa shape index (κ3) is 3.51. The molecule has 0 unspecified atom stereocenters. The summed E-state index contributed by atoms with van der Waals surface area (Å²) in [6.45, 7) is 0. The van der Waals surface area contributed by atoms with E-state index in [2.05, 4.69) is 0 Å².